The van der Waals surface area contributed by atoms with E-state index < -0.39 is 17.3 Å². The number of hydrogen-bond donors (Lipinski definition) is 1. The van der Waals surface area contributed by atoms with E-state index in [0.717, 1.165) is 22.9 Å². The zero-order chi connectivity index (χ0) is 13.1. The van der Waals surface area contributed by atoms with E-state index in [1.54, 1.807) is 6.92 Å². The van der Waals surface area contributed by atoms with Gasteiger partial charge in [-0.3, -0.25) is 9.59 Å². The zero-order valence-electron chi connectivity index (χ0n) is 9.51. The van der Waals surface area contributed by atoms with Crippen LogP contribution in [0.1, 0.15) is 5.76 Å². The van der Waals surface area contributed by atoms with Crippen LogP contribution in [0.15, 0.2) is 33.7 Å². The van der Waals surface area contributed by atoms with Crippen LogP contribution in [0.25, 0.3) is 0 Å². The van der Waals surface area contributed by atoms with Crippen LogP contribution in [-0.4, -0.2) is 15.6 Å². The molecule has 2 aromatic heterocycles. The number of halogens is 1. The van der Waals surface area contributed by atoms with Gasteiger partial charge in [0.05, 0.1) is 0 Å². The second-order valence-electron chi connectivity index (χ2n) is 3.68. The van der Waals surface area contributed by atoms with Gasteiger partial charge in [0.1, 0.15) is 18.1 Å². The fourth-order valence-electron chi connectivity index (χ4n) is 1.39. The summed E-state index contributed by atoms with van der Waals surface area (Å²) in [6.07, 6.45) is 0.968. The van der Waals surface area contributed by atoms with E-state index in [4.69, 9.17) is 4.52 Å². The molecule has 0 atom stereocenters. The topological polar surface area (TPSA) is 77.1 Å². The molecule has 0 bridgehead atoms. The normalized spacial score (nSPS) is 10.3. The number of rotatable bonds is 3. The molecule has 0 spiro atoms. The maximum Gasteiger partial charge on any atom is 0.251 e. The van der Waals surface area contributed by atoms with Crippen LogP contribution in [0.3, 0.4) is 0 Å². The number of carbonyl (C=O) groups is 1. The summed E-state index contributed by atoms with van der Waals surface area (Å²) in [5.41, 5.74) is -0.456. The van der Waals surface area contributed by atoms with Gasteiger partial charge in [-0.05, 0) is 13.0 Å². The molecular weight excluding hydrogens is 241 g/mol. The molecule has 0 aromatic carbocycles. The van der Waals surface area contributed by atoms with E-state index in [-0.39, 0.29) is 12.4 Å². The van der Waals surface area contributed by atoms with Crippen molar-refractivity contribution < 1.29 is 13.7 Å². The van der Waals surface area contributed by atoms with Crippen LogP contribution < -0.4 is 10.9 Å². The summed E-state index contributed by atoms with van der Waals surface area (Å²) in [4.78, 5) is 22.9. The molecule has 0 unspecified atom stereocenters. The third kappa shape index (κ3) is 2.82. The Bertz CT molecular complexity index is 632. The highest BCUT2D eigenvalue weighted by molar-refractivity contribution is 5.89. The summed E-state index contributed by atoms with van der Waals surface area (Å²) in [5, 5.41) is 6.00. The van der Waals surface area contributed by atoms with Crippen molar-refractivity contribution in [1.82, 2.24) is 9.72 Å². The van der Waals surface area contributed by atoms with Gasteiger partial charge in [-0.15, -0.1) is 0 Å². The number of nitrogens with zero attached hydrogens (tertiary/aromatic N) is 2. The third-order valence-electron chi connectivity index (χ3n) is 2.16. The van der Waals surface area contributed by atoms with E-state index in [0.29, 0.717) is 5.76 Å². The fraction of sp³-hybridized carbons (Fsp3) is 0.182. The lowest BCUT2D eigenvalue weighted by atomic mass is 10.4. The quantitative estimate of drug-likeness (QED) is 0.880. The molecule has 0 radical (unpaired) electrons. The first-order valence-corrected chi connectivity index (χ1v) is 5.14. The number of carbonyl (C=O) groups excluding carboxylic acids is 1. The first-order chi connectivity index (χ1) is 8.54. The molecule has 2 rings (SSSR count). The Morgan fingerprint density at radius 3 is 3.00 bits per heavy atom. The number of aromatic nitrogens is 2. The largest absolute Gasteiger partial charge is 0.360 e. The molecule has 6 nitrogen and oxygen atoms in total. The van der Waals surface area contributed by atoms with Gasteiger partial charge in [-0.2, -0.15) is 0 Å². The molecule has 2 aromatic rings. The maximum atomic E-state index is 12.9. The van der Waals surface area contributed by atoms with Gasteiger partial charge in [0.2, 0.25) is 5.91 Å². The molecule has 1 N–H and O–H groups in total. The number of hydrogen-bond acceptors (Lipinski definition) is 4. The summed E-state index contributed by atoms with van der Waals surface area (Å²) in [6.45, 7) is 1.39. The molecule has 2 heterocycles. The standard InChI is InChI=1S/C11H10FN3O3/c1-7-4-9(14-18-7)13-10(16)6-15-5-8(12)2-3-11(15)17/h2-5H,6H2,1H3,(H,13,14,16). The van der Waals surface area contributed by atoms with Crippen molar-refractivity contribution in [3.63, 3.8) is 0 Å². The highest BCUT2D eigenvalue weighted by Crippen LogP contribution is 2.06. The summed E-state index contributed by atoms with van der Waals surface area (Å²) in [6, 6.07) is 3.63. The number of pyridine rings is 1. The molecule has 0 saturated heterocycles. The maximum absolute atomic E-state index is 12.9. The molecule has 7 heteroatoms. The van der Waals surface area contributed by atoms with Crippen molar-refractivity contribution in [2.75, 3.05) is 5.32 Å². The van der Waals surface area contributed by atoms with E-state index in [9.17, 15) is 14.0 Å². The van der Waals surface area contributed by atoms with E-state index >= 15 is 0 Å². The Kier molecular flexibility index (Phi) is 3.22. The molecule has 0 fully saturated rings. The van der Waals surface area contributed by atoms with Crippen molar-refractivity contribution >= 4 is 11.7 Å². The fourth-order valence-corrected chi connectivity index (χ4v) is 1.39. The highest BCUT2D eigenvalue weighted by atomic mass is 19.1. The minimum atomic E-state index is -0.584. The Labute approximate surface area is 101 Å². The van der Waals surface area contributed by atoms with Crippen molar-refractivity contribution in [3.8, 4) is 0 Å². The number of nitrogens with one attached hydrogen (secondary N) is 1. The lowest BCUT2D eigenvalue weighted by Gasteiger charge is -2.04. The molecule has 94 valence electrons. The average Bonchev–Trinajstić information content (AvgIpc) is 2.69. The van der Waals surface area contributed by atoms with Crippen LogP contribution in [-0.2, 0) is 11.3 Å². The Hall–Kier alpha value is -2.44. The molecule has 18 heavy (non-hydrogen) atoms. The lowest BCUT2D eigenvalue weighted by molar-refractivity contribution is -0.116. The summed E-state index contributed by atoms with van der Waals surface area (Å²) >= 11 is 0. The molecule has 1 amide bonds. The molecule has 0 aliphatic rings. The van der Waals surface area contributed by atoms with Crippen LogP contribution in [0.4, 0.5) is 10.2 Å². The second-order valence-corrected chi connectivity index (χ2v) is 3.68. The van der Waals surface area contributed by atoms with Crippen LogP contribution in [0.5, 0.6) is 0 Å². The van der Waals surface area contributed by atoms with Crippen molar-refractivity contribution in [2.24, 2.45) is 0 Å². The van der Waals surface area contributed by atoms with Gasteiger partial charge < -0.3 is 14.4 Å². The molecular formula is C11H10FN3O3. The smallest absolute Gasteiger partial charge is 0.251 e. The summed E-state index contributed by atoms with van der Waals surface area (Å²) in [7, 11) is 0. The average molecular weight is 251 g/mol. The first-order valence-electron chi connectivity index (χ1n) is 5.14. The predicted molar refractivity (Wildman–Crippen MR) is 60.5 cm³/mol. The summed E-state index contributed by atoms with van der Waals surface area (Å²) in [5.74, 6) is -0.272. The van der Waals surface area contributed by atoms with E-state index in [1.165, 1.54) is 6.07 Å². The second kappa shape index (κ2) is 4.82. The van der Waals surface area contributed by atoms with Crippen LogP contribution >= 0.6 is 0 Å². The zero-order valence-corrected chi connectivity index (χ0v) is 9.51. The van der Waals surface area contributed by atoms with Crippen LogP contribution in [0.2, 0.25) is 0 Å². The van der Waals surface area contributed by atoms with Crippen molar-refractivity contribution in [1.29, 1.82) is 0 Å². The Morgan fingerprint density at radius 2 is 2.33 bits per heavy atom. The van der Waals surface area contributed by atoms with Crippen molar-refractivity contribution in [3.05, 3.63) is 46.3 Å². The molecule has 0 aliphatic carbocycles. The monoisotopic (exact) mass is 251 g/mol. The lowest BCUT2D eigenvalue weighted by Crippen LogP contribution is -2.27. The first kappa shape index (κ1) is 12.0. The van der Waals surface area contributed by atoms with E-state index in [1.807, 2.05) is 0 Å². The summed E-state index contributed by atoms with van der Waals surface area (Å²) < 4.78 is 18.6. The molecule has 0 aliphatic heterocycles. The van der Waals surface area contributed by atoms with E-state index in [2.05, 4.69) is 10.5 Å². The minimum Gasteiger partial charge on any atom is -0.360 e. The van der Waals surface area contributed by atoms with Crippen LogP contribution in [0, 0.1) is 12.7 Å². The van der Waals surface area contributed by atoms with Gasteiger partial charge in [-0.25, -0.2) is 4.39 Å². The predicted octanol–water partition coefficient (Wildman–Crippen LogP) is 0.923. The van der Waals surface area contributed by atoms with Gasteiger partial charge in [0, 0.05) is 18.3 Å². The highest BCUT2D eigenvalue weighted by Gasteiger charge is 2.08. The van der Waals surface area contributed by atoms with Gasteiger partial charge in [-0.1, -0.05) is 5.16 Å². The number of anilines is 1. The Morgan fingerprint density at radius 1 is 1.56 bits per heavy atom. The number of aryl methyl sites for hydroxylation is 1. The minimum absolute atomic E-state index is 0.252. The number of amides is 1. The third-order valence-corrected chi connectivity index (χ3v) is 2.16. The Balaban J connectivity index is 2.07. The van der Waals surface area contributed by atoms with Gasteiger partial charge >= 0.3 is 0 Å². The van der Waals surface area contributed by atoms with Gasteiger partial charge in [0.25, 0.3) is 5.56 Å². The van der Waals surface area contributed by atoms with Gasteiger partial charge in [0.15, 0.2) is 5.82 Å². The molecule has 0 saturated carbocycles. The van der Waals surface area contributed by atoms with Crippen molar-refractivity contribution in [2.45, 2.75) is 13.5 Å². The SMILES string of the molecule is Cc1cc(NC(=O)Cn2cc(F)ccc2=O)no1.